The minimum Gasteiger partial charge on any atom is -0.279 e. The van der Waals surface area contributed by atoms with Gasteiger partial charge in [-0.25, -0.2) is 12.8 Å². The molecular formula is C15H13ClFNO2S. The highest BCUT2D eigenvalue weighted by molar-refractivity contribution is 7.95. The van der Waals surface area contributed by atoms with E-state index in [4.69, 9.17) is 11.6 Å². The number of nitrogens with one attached hydrogen (secondary N) is 1. The van der Waals surface area contributed by atoms with Crippen molar-refractivity contribution < 1.29 is 12.8 Å². The van der Waals surface area contributed by atoms with E-state index < -0.39 is 15.8 Å². The highest BCUT2D eigenvalue weighted by Crippen LogP contribution is 2.23. The van der Waals surface area contributed by atoms with E-state index in [2.05, 4.69) is 4.72 Å². The van der Waals surface area contributed by atoms with Crippen molar-refractivity contribution in [3.63, 3.8) is 0 Å². The molecule has 0 bridgehead atoms. The Morgan fingerprint density at radius 2 is 1.81 bits per heavy atom. The number of rotatable bonds is 4. The molecule has 1 N–H and O–H groups in total. The minimum absolute atomic E-state index is 0.00214. The number of benzene rings is 2. The van der Waals surface area contributed by atoms with Crippen molar-refractivity contribution in [1.29, 1.82) is 0 Å². The van der Waals surface area contributed by atoms with Crippen LogP contribution in [0.5, 0.6) is 0 Å². The summed E-state index contributed by atoms with van der Waals surface area (Å²) in [5, 5.41) is 1.04. The molecule has 0 aliphatic heterocycles. The predicted molar refractivity (Wildman–Crippen MR) is 84.2 cm³/mol. The van der Waals surface area contributed by atoms with Gasteiger partial charge in [0.25, 0.3) is 10.0 Å². The lowest BCUT2D eigenvalue weighted by Crippen LogP contribution is -2.09. The predicted octanol–water partition coefficient (Wildman–Crippen LogP) is 4.20. The van der Waals surface area contributed by atoms with Crippen LogP contribution in [0, 0.1) is 12.7 Å². The van der Waals surface area contributed by atoms with Crippen molar-refractivity contribution in [1.82, 2.24) is 0 Å². The van der Waals surface area contributed by atoms with Crippen molar-refractivity contribution in [2.75, 3.05) is 4.72 Å². The Kier molecular flexibility index (Phi) is 4.65. The van der Waals surface area contributed by atoms with Crippen molar-refractivity contribution in [2.24, 2.45) is 0 Å². The highest BCUT2D eigenvalue weighted by Gasteiger charge is 2.09. The van der Waals surface area contributed by atoms with E-state index in [1.165, 1.54) is 12.1 Å². The topological polar surface area (TPSA) is 46.2 Å². The second-order valence-electron chi connectivity index (χ2n) is 4.48. The first-order chi connectivity index (χ1) is 9.85. The zero-order chi connectivity index (χ0) is 15.5. The van der Waals surface area contributed by atoms with Crippen LogP contribution in [0.2, 0.25) is 5.02 Å². The Balaban J connectivity index is 2.16. The molecule has 0 aliphatic carbocycles. The van der Waals surface area contributed by atoms with Crippen molar-refractivity contribution in [2.45, 2.75) is 6.92 Å². The summed E-state index contributed by atoms with van der Waals surface area (Å²) in [5.41, 5.74) is 1.98. The zero-order valence-electron chi connectivity index (χ0n) is 11.2. The molecule has 0 amide bonds. The Morgan fingerprint density at radius 3 is 2.43 bits per heavy atom. The fourth-order valence-corrected chi connectivity index (χ4v) is 2.76. The fraction of sp³-hybridized carbons (Fsp3) is 0.0667. The van der Waals surface area contributed by atoms with Crippen LogP contribution in [0.1, 0.15) is 11.1 Å². The van der Waals surface area contributed by atoms with Gasteiger partial charge in [-0.3, -0.25) is 4.72 Å². The molecular weight excluding hydrogens is 313 g/mol. The second kappa shape index (κ2) is 6.28. The smallest absolute Gasteiger partial charge is 0.255 e. The van der Waals surface area contributed by atoms with Crippen LogP contribution >= 0.6 is 11.6 Å². The Bertz CT molecular complexity index is 771. The van der Waals surface area contributed by atoms with Gasteiger partial charge in [-0.2, -0.15) is 0 Å². The van der Waals surface area contributed by atoms with Crippen molar-refractivity contribution in [3.05, 3.63) is 69.8 Å². The number of sulfonamides is 1. The lowest BCUT2D eigenvalue weighted by atomic mass is 10.2. The number of anilines is 1. The number of aryl methyl sites for hydroxylation is 1. The summed E-state index contributed by atoms with van der Waals surface area (Å²) in [5.74, 6) is -0.529. The summed E-state index contributed by atoms with van der Waals surface area (Å²) < 4.78 is 39.0. The van der Waals surface area contributed by atoms with E-state index in [1.807, 2.05) is 31.2 Å². The molecule has 110 valence electrons. The maximum absolute atomic E-state index is 12.9. The van der Waals surface area contributed by atoms with Gasteiger partial charge in [-0.1, -0.05) is 41.4 Å². The molecule has 0 heterocycles. The molecule has 0 unspecified atom stereocenters. The van der Waals surface area contributed by atoms with Gasteiger partial charge in [0, 0.05) is 0 Å². The van der Waals surface area contributed by atoms with E-state index >= 15 is 0 Å². The SMILES string of the molecule is Cc1ccc(/C=C/S(=O)(=O)Nc2ccc(F)cc2Cl)cc1. The van der Waals surface area contributed by atoms with E-state index in [0.29, 0.717) is 0 Å². The Labute approximate surface area is 128 Å². The Hall–Kier alpha value is -1.85. The molecule has 0 radical (unpaired) electrons. The molecule has 21 heavy (non-hydrogen) atoms. The third kappa shape index (κ3) is 4.58. The van der Waals surface area contributed by atoms with Gasteiger partial charge in [-0.05, 0) is 36.8 Å². The zero-order valence-corrected chi connectivity index (χ0v) is 12.7. The van der Waals surface area contributed by atoms with Crippen molar-refractivity contribution >= 4 is 33.4 Å². The molecule has 0 saturated heterocycles. The molecule has 0 aliphatic rings. The first-order valence-electron chi connectivity index (χ1n) is 6.08. The molecule has 6 heteroatoms. The van der Waals surface area contributed by atoms with Gasteiger partial charge in [0.15, 0.2) is 0 Å². The van der Waals surface area contributed by atoms with E-state index in [9.17, 15) is 12.8 Å². The van der Waals surface area contributed by atoms with E-state index in [1.54, 1.807) is 0 Å². The largest absolute Gasteiger partial charge is 0.279 e. The Morgan fingerprint density at radius 1 is 1.14 bits per heavy atom. The first kappa shape index (κ1) is 15.5. The van der Waals surface area contributed by atoms with Gasteiger partial charge < -0.3 is 0 Å². The lowest BCUT2D eigenvalue weighted by Gasteiger charge is -2.06. The summed E-state index contributed by atoms with van der Waals surface area (Å²) in [6.45, 7) is 1.95. The van der Waals surface area contributed by atoms with Crippen LogP contribution in [0.25, 0.3) is 6.08 Å². The quantitative estimate of drug-likeness (QED) is 0.915. The van der Waals surface area contributed by atoms with Crippen molar-refractivity contribution in [3.8, 4) is 0 Å². The average Bonchev–Trinajstić information content (AvgIpc) is 2.41. The van der Waals surface area contributed by atoms with Crippen LogP contribution in [-0.2, 0) is 10.0 Å². The van der Waals surface area contributed by atoms with Crippen LogP contribution in [0.3, 0.4) is 0 Å². The maximum atomic E-state index is 12.9. The maximum Gasteiger partial charge on any atom is 0.255 e. The molecule has 0 aromatic heterocycles. The van der Waals surface area contributed by atoms with E-state index in [0.717, 1.165) is 28.7 Å². The lowest BCUT2D eigenvalue weighted by molar-refractivity contribution is 0.609. The summed E-state index contributed by atoms with van der Waals surface area (Å²) in [7, 11) is -3.72. The number of halogens is 2. The normalized spacial score (nSPS) is 11.8. The molecule has 0 spiro atoms. The number of hydrogen-bond donors (Lipinski definition) is 1. The summed E-state index contributed by atoms with van der Waals surface area (Å²) in [6.07, 6.45) is 1.47. The third-order valence-corrected chi connectivity index (χ3v) is 4.01. The molecule has 0 atom stereocenters. The van der Waals surface area contributed by atoms with Crippen LogP contribution in [0.4, 0.5) is 10.1 Å². The third-order valence-electron chi connectivity index (χ3n) is 2.70. The highest BCUT2D eigenvalue weighted by atomic mass is 35.5. The minimum atomic E-state index is -3.72. The monoisotopic (exact) mass is 325 g/mol. The molecule has 2 rings (SSSR count). The molecule has 0 fully saturated rings. The summed E-state index contributed by atoms with van der Waals surface area (Å²) in [6, 6.07) is 10.8. The fourth-order valence-electron chi connectivity index (χ4n) is 1.61. The molecule has 3 nitrogen and oxygen atoms in total. The number of hydrogen-bond acceptors (Lipinski definition) is 2. The first-order valence-corrected chi connectivity index (χ1v) is 8.01. The molecule has 2 aromatic carbocycles. The van der Waals surface area contributed by atoms with Gasteiger partial charge in [0.1, 0.15) is 5.82 Å². The van der Waals surface area contributed by atoms with Gasteiger partial charge in [-0.15, -0.1) is 0 Å². The van der Waals surface area contributed by atoms with Gasteiger partial charge in [0.05, 0.1) is 16.1 Å². The van der Waals surface area contributed by atoms with Gasteiger partial charge >= 0.3 is 0 Å². The van der Waals surface area contributed by atoms with E-state index in [-0.39, 0.29) is 10.7 Å². The molecule has 2 aromatic rings. The second-order valence-corrected chi connectivity index (χ2v) is 6.46. The van der Waals surface area contributed by atoms with Crippen LogP contribution < -0.4 is 4.72 Å². The van der Waals surface area contributed by atoms with Crippen LogP contribution in [-0.4, -0.2) is 8.42 Å². The van der Waals surface area contributed by atoms with Crippen LogP contribution in [0.15, 0.2) is 47.9 Å². The summed E-state index contributed by atoms with van der Waals surface area (Å²) >= 11 is 5.78. The summed E-state index contributed by atoms with van der Waals surface area (Å²) in [4.78, 5) is 0. The average molecular weight is 326 g/mol. The van der Waals surface area contributed by atoms with Gasteiger partial charge in [0.2, 0.25) is 0 Å². The standard InChI is InChI=1S/C15H13ClFNO2S/c1-11-2-4-12(5-3-11)8-9-21(19,20)18-15-7-6-13(17)10-14(15)16/h2-10,18H,1H3/b9-8+. The molecule has 0 saturated carbocycles.